The Labute approximate surface area is 169 Å². The number of benzene rings is 3. The molecule has 0 bridgehead atoms. The third-order valence-corrected chi connectivity index (χ3v) is 4.80. The van der Waals surface area contributed by atoms with Crippen molar-refractivity contribution in [2.45, 2.75) is 19.3 Å². The summed E-state index contributed by atoms with van der Waals surface area (Å²) in [7, 11) is 0. The predicted octanol–water partition coefficient (Wildman–Crippen LogP) is 5.40. The van der Waals surface area contributed by atoms with Crippen LogP contribution in [0.15, 0.2) is 72.8 Å². The largest absolute Gasteiger partial charge is 0.489 e. The first-order valence-corrected chi connectivity index (χ1v) is 9.47. The molecule has 3 nitrogen and oxygen atoms in total. The van der Waals surface area contributed by atoms with Gasteiger partial charge in [0.2, 0.25) is 0 Å². The van der Waals surface area contributed by atoms with Crippen LogP contribution in [0.1, 0.15) is 22.8 Å². The van der Waals surface area contributed by atoms with Crippen molar-refractivity contribution < 1.29 is 9.84 Å². The summed E-state index contributed by atoms with van der Waals surface area (Å²) in [6.07, 6.45) is -0.571. The molecule has 2 N–H and O–H groups in total. The number of hydrogen-bond acceptors (Lipinski definition) is 3. The number of rotatable bonds is 8. The summed E-state index contributed by atoms with van der Waals surface area (Å²) in [6, 6.07) is 22.7. The maximum Gasteiger partial charge on any atom is 0.124 e. The molecular weight excluding hydrogens is 381 g/mol. The van der Waals surface area contributed by atoms with Gasteiger partial charge >= 0.3 is 0 Å². The standard InChI is InChI=1S/C22H21Cl2NO2/c23-19-10-11-22(27-15-17-8-4-5-9-20(17)24)18(12-19)13-25-14-21(26)16-6-2-1-3-7-16/h1-12,21,25-26H,13-15H2/t21-/m1/s1. The maximum atomic E-state index is 10.3. The van der Waals surface area contributed by atoms with Crippen LogP contribution in [0.4, 0.5) is 0 Å². The van der Waals surface area contributed by atoms with Gasteiger partial charge in [-0.05, 0) is 29.8 Å². The Bertz CT molecular complexity index is 871. The number of hydrogen-bond donors (Lipinski definition) is 2. The quantitative estimate of drug-likeness (QED) is 0.531. The lowest BCUT2D eigenvalue weighted by Crippen LogP contribution is -2.21. The molecule has 0 spiro atoms. The number of aliphatic hydroxyl groups excluding tert-OH is 1. The number of aliphatic hydroxyl groups is 1. The van der Waals surface area contributed by atoms with Gasteiger partial charge in [0.1, 0.15) is 12.4 Å². The van der Waals surface area contributed by atoms with Gasteiger partial charge in [0.25, 0.3) is 0 Å². The van der Waals surface area contributed by atoms with E-state index in [-0.39, 0.29) is 0 Å². The van der Waals surface area contributed by atoms with Crippen LogP contribution in [0, 0.1) is 0 Å². The highest BCUT2D eigenvalue weighted by atomic mass is 35.5. The molecule has 0 unspecified atom stereocenters. The van der Waals surface area contributed by atoms with Crippen LogP contribution < -0.4 is 10.1 Å². The van der Waals surface area contributed by atoms with Crippen LogP contribution in [0.25, 0.3) is 0 Å². The normalized spacial score (nSPS) is 12.0. The number of nitrogens with one attached hydrogen (secondary N) is 1. The average molecular weight is 402 g/mol. The lowest BCUT2D eigenvalue weighted by Gasteiger charge is -2.15. The summed E-state index contributed by atoms with van der Waals surface area (Å²) >= 11 is 12.3. The Balaban J connectivity index is 1.61. The smallest absolute Gasteiger partial charge is 0.124 e. The average Bonchev–Trinajstić information content (AvgIpc) is 2.69. The van der Waals surface area contributed by atoms with Gasteiger partial charge in [-0.3, -0.25) is 0 Å². The minimum absolute atomic E-state index is 0.376. The lowest BCUT2D eigenvalue weighted by molar-refractivity contribution is 0.174. The molecule has 0 heterocycles. The third-order valence-electron chi connectivity index (χ3n) is 4.20. The van der Waals surface area contributed by atoms with Gasteiger partial charge in [-0.25, -0.2) is 0 Å². The Kier molecular flexibility index (Phi) is 7.13. The molecule has 0 aliphatic carbocycles. The van der Waals surface area contributed by atoms with Crippen LogP contribution >= 0.6 is 23.2 Å². The van der Waals surface area contributed by atoms with E-state index in [9.17, 15) is 5.11 Å². The molecule has 0 amide bonds. The summed E-state index contributed by atoms with van der Waals surface area (Å²) < 4.78 is 5.96. The van der Waals surface area contributed by atoms with E-state index in [1.54, 1.807) is 6.07 Å². The molecule has 0 fully saturated rings. The summed E-state index contributed by atoms with van der Waals surface area (Å²) in [4.78, 5) is 0. The summed E-state index contributed by atoms with van der Waals surface area (Å²) in [6.45, 7) is 1.34. The van der Waals surface area contributed by atoms with E-state index in [2.05, 4.69) is 5.32 Å². The highest BCUT2D eigenvalue weighted by Gasteiger charge is 2.09. The highest BCUT2D eigenvalue weighted by Crippen LogP contribution is 2.25. The number of ether oxygens (including phenoxy) is 1. The molecule has 0 saturated heterocycles. The molecule has 0 aromatic heterocycles. The van der Waals surface area contributed by atoms with E-state index in [1.165, 1.54) is 0 Å². The Hall–Kier alpha value is -2.04. The summed E-state index contributed by atoms with van der Waals surface area (Å²) in [5.41, 5.74) is 2.73. The van der Waals surface area contributed by atoms with Crippen molar-refractivity contribution in [2.24, 2.45) is 0 Å². The van der Waals surface area contributed by atoms with Crippen LogP contribution in [-0.4, -0.2) is 11.7 Å². The van der Waals surface area contributed by atoms with Gasteiger partial charge in [-0.2, -0.15) is 0 Å². The molecule has 5 heteroatoms. The van der Waals surface area contributed by atoms with Crippen molar-refractivity contribution in [3.8, 4) is 5.75 Å². The molecule has 140 valence electrons. The van der Waals surface area contributed by atoms with Crippen LogP contribution in [0.2, 0.25) is 10.0 Å². The van der Waals surface area contributed by atoms with Crippen molar-refractivity contribution in [3.63, 3.8) is 0 Å². The van der Waals surface area contributed by atoms with Gasteiger partial charge in [-0.1, -0.05) is 71.7 Å². The molecule has 0 saturated carbocycles. The molecule has 0 aliphatic heterocycles. The Morgan fingerprint density at radius 3 is 2.41 bits per heavy atom. The fraction of sp³-hybridized carbons (Fsp3) is 0.182. The fourth-order valence-electron chi connectivity index (χ4n) is 2.73. The third kappa shape index (κ3) is 5.72. The van der Waals surface area contributed by atoms with E-state index in [4.69, 9.17) is 27.9 Å². The van der Waals surface area contributed by atoms with Gasteiger partial charge in [0, 0.05) is 34.3 Å². The Morgan fingerprint density at radius 1 is 0.889 bits per heavy atom. The molecule has 27 heavy (non-hydrogen) atoms. The van der Waals surface area contributed by atoms with Gasteiger partial charge in [0.15, 0.2) is 0 Å². The monoisotopic (exact) mass is 401 g/mol. The second-order valence-electron chi connectivity index (χ2n) is 6.19. The second-order valence-corrected chi connectivity index (χ2v) is 7.03. The molecule has 1 atom stereocenters. The number of halogens is 2. The minimum Gasteiger partial charge on any atom is -0.489 e. The molecule has 3 aromatic carbocycles. The lowest BCUT2D eigenvalue weighted by atomic mass is 10.1. The molecule has 3 rings (SSSR count). The van der Waals surface area contributed by atoms with Crippen molar-refractivity contribution >= 4 is 23.2 Å². The van der Waals surface area contributed by atoms with Gasteiger partial charge in [-0.15, -0.1) is 0 Å². The zero-order chi connectivity index (χ0) is 19.1. The first-order chi connectivity index (χ1) is 13.1. The molecule has 0 aliphatic rings. The van der Waals surface area contributed by atoms with Gasteiger partial charge in [0.05, 0.1) is 6.10 Å². The first-order valence-electron chi connectivity index (χ1n) is 8.72. The van der Waals surface area contributed by atoms with Crippen LogP contribution in [0.5, 0.6) is 5.75 Å². The first kappa shape index (κ1) is 19.7. The van der Waals surface area contributed by atoms with E-state index in [1.807, 2.05) is 66.7 Å². The van der Waals surface area contributed by atoms with Crippen molar-refractivity contribution in [1.29, 1.82) is 0 Å². The second kappa shape index (κ2) is 9.77. The minimum atomic E-state index is -0.571. The fourth-order valence-corrected chi connectivity index (χ4v) is 3.12. The zero-order valence-corrected chi connectivity index (χ0v) is 16.3. The molecule has 3 aromatic rings. The van der Waals surface area contributed by atoms with E-state index >= 15 is 0 Å². The summed E-state index contributed by atoms with van der Waals surface area (Å²) in [5.74, 6) is 0.737. The van der Waals surface area contributed by atoms with Crippen molar-refractivity contribution in [1.82, 2.24) is 5.32 Å². The Morgan fingerprint density at radius 2 is 1.63 bits per heavy atom. The van der Waals surface area contributed by atoms with Crippen molar-refractivity contribution in [2.75, 3.05) is 6.54 Å². The van der Waals surface area contributed by atoms with E-state index in [0.29, 0.717) is 29.7 Å². The van der Waals surface area contributed by atoms with E-state index in [0.717, 1.165) is 22.4 Å². The summed E-state index contributed by atoms with van der Waals surface area (Å²) in [5, 5.41) is 14.9. The van der Waals surface area contributed by atoms with Gasteiger partial charge < -0.3 is 15.2 Å². The maximum absolute atomic E-state index is 10.3. The topological polar surface area (TPSA) is 41.5 Å². The van der Waals surface area contributed by atoms with E-state index < -0.39 is 6.10 Å². The van der Waals surface area contributed by atoms with Crippen LogP contribution in [0.3, 0.4) is 0 Å². The molecular formula is C22H21Cl2NO2. The molecule has 0 radical (unpaired) electrons. The predicted molar refractivity (Wildman–Crippen MR) is 110 cm³/mol. The highest BCUT2D eigenvalue weighted by molar-refractivity contribution is 6.31. The SMILES string of the molecule is O[C@H](CNCc1cc(Cl)ccc1OCc1ccccc1Cl)c1ccccc1. The van der Waals surface area contributed by atoms with Crippen LogP contribution in [-0.2, 0) is 13.2 Å². The zero-order valence-electron chi connectivity index (χ0n) is 14.7. The van der Waals surface area contributed by atoms with Crippen molar-refractivity contribution in [3.05, 3.63) is 99.5 Å².